The van der Waals surface area contributed by atoms with Crippen LogP contribution in [0.5, 0.6) is 0 Å². The van der Waals surface area contributed by atoms with Crippen LogP contribution in [0.15, 0.2) is 0 Å². The van der Waals surface area contributed by atoms with Gasteiger partial charge < -0.3 is 10.4 Å². The van der Waals surface area contributed by atoms with Crippen molar-refractivity contribution in [1.29, 1.82) is 0 Å². The molecule has 1 amide bonds. The maximum Gasteiger partial charge on any atom is 0.303 e. The first-order valence-corrected chi connectivity index (χ1v) is 4.73. The summed E-state index contributed by atoms with van der Waals surface area (Å²) < 4.78 is 0. The maximum atomic E-state index is 11.1. The molecule has 0 aliphatic rings. The molecule has 14 heavy (non-hydrogen) atoms. The summed E-state index contributed by atoms with van der Waals surface area (Å²) in [7, 11) is 1.80. The molecular weight excluding hydrogens is 184 g/mol. The van der Waals surface area contributed by atoms with Crippen molar-refractivity contribution in [3.05, 3.63) is 0 Å². The van der Waals surface area contributed by atoms with Gasteiger partial charge in [-0.3, -0.25) is 14.5 Å². The number of nitrogens with one attached hydrogen (secondary N) is 1. The topological polar surface area (TPSA) is 69.6 Å². The number of carbonyl (C=O) groups is 2. The van der Waals surface area contributed by atoms with Crippen LogP contribution >= 0.6 is 0 Å². The van der Waals surface area contributed by atoms with Crippen LogP contribution in [-0.2, 0) is 9.59 Å². The molecule has 0 spiro atoms. The van der Waals surface area contributed by atoms with E-state index < -0.39 is 5.97 Å². The van der Waals surface area contributed by atoms with E-state index in [1.54, 1.807) is 7.05 Å². The summed E-state index contributed by atoms with van der Waals surface area (Å²) >= 11 is 0. The molecule has 0 bridgehead atoms. The second-order valence-electron chi connectivity index (χ2n) is 3.19. The van der Waals surface area contributed by atoms with E-state index in [-0.39, 0.29) is 12.3 Å². The molecule has 0 aliphatic carbocycles. The summed E-state index contributed by atoms with van der Waals surface area (Å²) in [6.45, 7) is 3.45. The molecule has 2 N–H and O–H groups in total. The number of aliphatic carboxylic acids is 1. The van der Waals surface area contributed by atoms with Gasteiger partial charge in [0, 0.05) is 13.0 Å². The zero-order valence-electron chi connectivity index (χ0n) is 8.75. The minimum atomic E-state index is -0.795. The quantitative estimate of drug-likeness (QED) is 0.606. The molecule has 0 aromatic carbocycles. The lowest BCUT2D eigenvalue weighted by Crippen LogP contribution is -2.35. The van der Waals surface area contributed by atoms with Gasteiger partial charge in [-0.1, -0.05) is 0 Å². The third kappa shape index (κ3) is 7.54. The molecule has 0 unspecified atom stereocenters. The predicted octanol–water partition coefficient (Wildman–Crippen LogP) is -0.0809. The van der Waals surface area contributed by atoms with Crippen molar-refractivity contribution in [2.75, 3.05) is 26.7 Å². The first-order valence-electron chi connectivity index (χ1n) is 4.73. The Balaban J connectivity index is 3.49. The second-order valence-corrected chi connectivity index (χ2v) is 3.19. The molecule has 0 atom stereocenters. The fraction of sp³-hybridized carbons (Fsp3) is 0.778. The SMILES string of the molecule is CCNC(=O)CN(C)CCCC(=O)O. The van der Waals surface area contributed by atoms with Crippen LogP contribution in [0.25, 0.3) is 0 Å². The highest BCUT2D eigenvalue weighted by molar-refractivity contribution is 5.77. The average Bonchev–Trinajstić information content (AvgIpc) is 2.03. The summed E-state index contributed by atoms with van der Waals surface area (Å²) in [6, 6.07) is 0. The lowest BCUT2D eigenvalue weighted by Gasteiger charge is -2.14. The minimum Gasteiger partial charge on any atom is -0.481 e. The Morgan fingerprint density at radius 1 is 1.43 bits per heavy atom. The summed E-state index contributed by atoms with van der Waals surface area (Å²) in [4.78, 5) is 23.1. The fourth-order valence-corrected chi connectivity index (χ4v) is 1.08. The number of likely N-dealkylation sites (N-methyl/N-ethyl adjacent to an activating group) is 2. The maximum absolute atomic E-state index is 11.1. The number of hydrogen-bond donors (Lipinski definition) is 2. The molecule has 0 radical (unpaired) electrons. The standard InChI is InChI=1S/C9H18N2O3/c1-3-10-8(12)7-11(2)6-4-5-9(13)14/h3-7H2,1-2H3,(H,10,12)(H,13,14). The zero-order chi connectivity index (χ0) is 11.0. The van der Waals surface area contributed by atoms with Crippen LogP contribution in [0.4, 0.5) is 0 Å². The molecule has 0 saturated carbocycles. The monoisotopic (exact) mass is 202 g/mol. The number of rotatable bonds is 7. The molecule has 82 valence electrons. The van der Waals surface area contributed by atoms with Crippen LogP contribution in [-0.4, -0.2) is 48.6 Å². The molecule has 0 aromatic rings. The Morgan fingerprint density at radius 2 is 2.07 bits per heavy atom. The summed E-state index contributed by atoms with van der Waals surface area (Å²) in [5.74, 6) is -0.818. The Labute approximate surface area is 84.1 Å². The molecule has 0 heterocycles. The number of amides is 1. The van der Waals surface area contributed by atoms with E-state index in [2.05, 4.69) is 5.32 Å². The van der Waals surface area contributed by atoms with Crippen molar-refractivity contribution in [3.63, 3.8) is 0 Å². The van der Waals surface area contributed by atoms with Gasteiger partial charge in [-0.25, -0.2) is 0 Å². The number of carbonyl (C=O) groups excluding carboxylic acids is 1. The molecule has 0 rings (SSSR count). The smallest absolute Gasteiger partial charge is 0.303 e. The summed E-state index contributed by atoms with van der Waals surface area (Å²) in [5.41, 5.74) is 0. The second kappa shape index (κ2) is 7.32. The molecule has 5 nitrogen and oxygen atoms in total. The predicted molar refractivity (Wildman–Crippen MR) is 53.1 cm³/mol. The van der Waals surface area contributed by atoms with E-state index in [1.165, 1.54) is 0 Å². The van der Waals surface area contributed by atoms with Crippen LogP contribution in [0.3, 0.4) is 0 Å². The van der Waals surface area contributed by atoms with Gasteiger partial charge in [0.25, 0.3) is 0 Å². The van der Waals surface area contributed by atoms with Crippen LogP contribution < -0.4 is 5.32 Å². The summed E-state index contributed by atoms with van der Waals surface area (Å²) in [6.07, 6.45) is 0.727. The molecular formula is C9H18N2O3. The van der Waals surface area contributed by atoms with Gasteiger partial charge in [-0.15, -0.1) is 0 Å². The highest BCUT2D eigenvalue weighted by atomic mass is 16.4. The normalized spacial score (nSPS) is 10.2. The van der Waals surface area contributed by atoms with Gasteiger partial charge in [-0.2, -0.15) is 0 Å². The number of carboxylic acids is 1. The minimum absolute atomic E-state index is 0.0228. The van der Waals surface area contributed by atoms with Crippen molar-refractivity contribution in [2.24, 2.45) is 0 Å². The molecule has 0 fully saturated rings. The van der Waals surface area contributed by atoms with Crippen molar-refractivity contribution in [3.8, 4) is 0 Å². The van der Waals surface area contributed by atoms with Gasteiger partial charge in [0.1, 0.15) is 0 Å². The zero-order valence-corrected chi connectivity index (χ0v) is 8.75. The van der Waals surface area contributed by atoms with Gasteiger partial charge in [-0.05, 0) is 26.9 Å². The molecule has 0 aromatic heterocycles. The van der Waals surface area contributed by atoms with E-state index in [9.17, 15) is 9.59 Å². The lowest BCUT2D eigenvalue weighted by molar-refractivity contribution is -0.137. The summed E-state index contributed by atoms with van der Waals surface area (Å²) in [5, 5.41) is 11.1. The van der Waals surface area contributed by atoms with E-state index in [0.29, 0.717) is 26.1 Å². The fourth-order valence-electron chi connectivity index (χ4n) is 1.08. The Morgan fingerprint density at radius 3 is 2.57 bits per heavy atom. The lowest BCUT2D eigenvalue weighted by atomic mass is 10.3. The van der Waals surface area contributed by atoms with Crippen molar-refractivity contribution < 1.29 is 14.7 Å². The van der Waals surface area contributed by atoms with Crippen LogP contribution in [0.1, 0.15) is 19.8 Å². The van der Waals surface area contributed by atoms with Crippen molar-refractivity contribution in [1.82, 2.24) is 10.2 Å². The molecule has 0 saturated heterocycles. The average molecular weight is 202 g/mol. The van der Waals surface area contributed by atoms with Crippen LogP contribution in [0.2, 0.25) is 0 Å². The number of hydrogen-bond acceptors (Lipinski definition) is 3. The third-order valence-corrected chi connectivity index (χ3v) is 1.72. The number of nitrogens with zero attached hydrogens (tertiary/aromatic N) is 1. The van der Waals surface area contributed by atoms with Gasteiger partial charge in [0.15, 0.2) is 0 Å². The number of carboxylic acid groups (broad SMARTS) is 1. The van der Waals surface area contributed by atoms with E-state index >= 15 is 0 Å². The largest absolute Gasteiger partial charge is 0.481 e. The van der Waals surface area contributed by atoms with Crippen molar-refractivity contribution >= 4 is 11.9 Å². The van der Waals surface area contributed by atoms with Gasteiger partial charge in [0.2, 0.25) is 5.91 Å². The van der Waals surface area contributed by atoms with Crippen molar-refractivity contribution in [2.45, 2.75) is 19.8 Å². The molecule has 0 aliphatic heterocycles. The van der Waals surface area contributed by atoms with E-state index in [4.69, 9.17) is 5.11 Å². The van der Waals surface area contributed by atoms with E-state index in [0.717, 1.165) is 0 Å². The Hall–Kier alpha value is -1.10. The molecule has 5 heteroatoms. The highest BCUT2D eigenvalue weighted by Gasteiger charge is 2.05. The van der Waals surface area contributed by atoms with Gasteiger partial charge in [0.05, 0.1) is 6.54 Å². The Bertz CT molecular complexity index is 194. The first kappa shape index (κ1) is 12.9. The Kier molecular flexibility index (Phi) is 6.74. The third-order valence-electron chi connectivity index (χ3n) is 1.72. The van der Waals surface area contributed by atoms with E-state index in [1.807, 2.05) is 11.8 Å². The first-order chi connectivity index (χ1) is 6.56. The van der Waals surface area contributed by atoms with Crippen LogP contribution in [0, 0.1) is 0 Å². The van der Waals surface area contributed by atoms with Gasteiger partial charge >= 0.3 is 5.97 Å². The highest BCUT2D eigenvalue weighted by Crippen LogP contribution is 1.92.